The molecule has 3 aromatic rings. The highest BCUT2D eigenvalue weighted by molar-refractivity contribution is 7.99. The van der Waals surface area contributed by atoms with Gasteiger partial charge in [-0.25, -0.2) is 9.97 Å². The number of fused-ring (bicyclic) bond motifs is 3. The van der Waals surface area contributed by atoms with E-state index in [4.69, 9.17) is 9.97 Å². The Kier molecular flexibility index (Phi) is 6.37. The Morgan fingerprint density at radius 2 is 1.81 bits per heavy atom. The lowest BCUT2D eigenvalue weighted by Crippen LogP contribution is -2.30. The summed E-state index contributed by atoms with van der Waals surface area (Å²) >= 11 is 1.93. The van der Waals surface area contributed by atoms with Gasteiger partial charge in [0.1, 0.15) is 10.9 Å². The molecule has 1 aliphatic heterocycles. The molecule has 1 fully saturated rings. The Morgan fingerprint density at radius 1 is 0.968 bits per heavy atom. The summed E-state index contributed by atoms with van der Waals surface area (Å²) in [6.07, 6.45) is 7.08. The van der Waals surface area contributed by atoms with Crippen molar-refractivity contribution in [2.45, 2.75) is 50.5 Å². The van der Waals surface area contributed by atoms with Crippen molar-refractivity contribution in [2.75, 3.05) is 25.4 Å². The Balaban J connectivity index is 1.37. The van der Waals surface area contributed by atoms with Gasteiger partial charge in [-0.3, -0.25) is 0 Å². The van der Waals surface area contributed by atoms with Crippen molar-refractivity contribution in [1.29, 1.82) is 0 Å². The molecule has 2 aromatic carbocycles. The Morgan fingerprint density at radius 3 is 2.65 bits per heavy atom. The van der Waals surface area contributed by atoms with Gasteiger partial charge < -0.3 is 4.90 Å². The second kappa shape index (κ2) is 9.54. The number of hydrogen-bond donors (Lipinski definition) is 0. The van der Waals surface area contributed by atoms with Crippen molar-refractivity contribution >= 4 is 11.8 Å². The van der Waals surface area contributed by atoms with Gasteiger partial charge in [0.25, 0.3) is 0 Å². The third-order valence-corrected chi connectivity index (χ3v) is 7.46. The van der Waals surface area contributed by atoms with Crippen molar-refractivity contribution in [1.82, 2.24) is 14.9 Å². The number of rotatable bonds is 7. The van der Waals surface area contributed by atoms with E-state index in [1.807, 2.05) is 11.8 Å². The van der Waals surface area contributed by atoms with Gasteiger partial charge in [0.15, 0.2) is 0 Å². The number of hydrogen-bond acceptors (Lipinski definition) is 4. The summed E-state index contributed by atoms with van der Waals surface area (Å²) in [5.41, 5.74) is 7.83. The second-order valence-electron chi connectivity index (χ2n) is 8.87. The fraction of sp³-hybridized carbons (Fsp3) is 0.407. The predicted molar refractivity (Wildman–Crippen MR) is 130 cm³/mol. The largest absolute Gasteiger partial charge is 0.303 e. The third kappa shape index (κ3) is 4.86. The Bertz CT molecular complexity index is 1040. The average Bonchev–Trinajstić information content (AvgIpc) is 3.15. The fourth-order valence-corrected chi connectivity index (χ4v) is 5.84. The standard InChI is InChI=1S/C27H31N3S/c1-20-11-12-23-22(17-20)19-24-26(23)27(31-16-8-15-30-13-6-3-7-14-30)29-25(28-24)18-21-9-4-2-5-10-21/h2,4-5,9-12,17H,3,6-8,13-16,18-19H2,1H3. The molecule has 5 rings (SSSR count). The Labute approximate surface area is 190 Å². The van der Waals surface area contributed by atoms with Crippen LogP contribution in [-0.4, -0.2) is 40.3 Å². The molecule has 0 atom stereocenters. The molecule has 1 aliphatic carbocycles. The van der Waals surface area contributed by atoms with Crippen molar-refractivity contribution in [3.05, 3.63) is 76.7 Å². The van der Waals surface area contributed by atoms with E-state index in [2.05, 4.69) is 60.4 Å². The summed E-state index contributed by atoms with van der Waals surface area (Å²) in [7, 11) is 0. The van der Waals surface area contributed by atoms with E-state index in [-0.39, 0.29) is 0 Å². The number of nitrogens with zero attached hydrogens (tertiary/aromatic N) is 3. The topological polar surface area (TPSA) is 29.0 Å². The van der Waals surface area contributed by atoms with E-state index in [0.717, 1.165) is 24.4 Å². The summed E-state index contributed by atoms with van der Waals surface area (Å²) in [6, 6.07) is 17.4. The third-order valence-electron chi connectivity index (χ3n) is 6.40. The minimum atomic E-state index is 0.796. The van der Waals surface area contributed by atoms with Crippen molar-refractivity contribution in [3.63, 3.8) is 0 Å². The van der Waals surface area contributed by atoms with Crippen molar-refractivity contribution < 1.29 is 0 Å². The summed E-state index contributed by atoms with van der Waals surface area (Å²) < 4.78 is 0. The first-order valence-electron chi connectivity index (χ1n) is 11.6. The molecule has 2 heterocycles. The van der Waals surface area contributed by atoms with E-state index in [1.165, 1.54) is 83.9 Å². The van der Waals surface area contributed by atoms with Gasteiger partial charge in [0.05, 0.1) is 5.69 Å². The highest BCUT2D eigenvalue weighted by atomic mass is 32.2. The van der Waals surface area contributed by atoms with E-state index in [9.17, 15) is 0 Å². The lowest BCUT2D eigenvalue weighted by atomic mass is 10.1. The number of piperidine rings is 1. The van der Waals surface area contributed by atoms with Crippen molar-refractivity contribution in [3.8, 4) is 11.1 Å². The lowest BCUT2D eigenvalue weighted by Gasteiger charge is -2.26. The highest BCUT2D eigenvalue weighted by Gasteiger charge is 2.25. The molecule has 4 heteroatoms. The molecule has 160 valence electrons. The fourth-order valence-electron chi connectivity index (χ4n) is 4.83. The van der Waals surface area contributed by atoms with Gasteiger partial charge in [-0.1, -0.05) is 60.5 Å². The molecule has 31 heavy (non-hydrogen) atoms. The number of benzene rings is 2. The van der Waals surface area contributed by atoms with Crippen LogP contribution in [0, 0.1) is 6.92 Å². The lowest BCUT2D eigenvalue weighted by molar-refractivity contribution is 0.230. The van der Waals surface area contributed by atoms with Gasteiger partial charge in [0, 0.05) is 24.2 Å². The smallest absolute Gasteiger partial charge is 0.134 e. The first-order chi connectivity index (χ1) is 15.3. The molecule has 0 bridgehead atoms. The summed E-state index contributed by atoms with van der Waals surface area (Å²) in [5, 5.41) is 1.18. The molecular formula is C27H31N3S. The average molecular weight is 430 g/mol. The first-order valence-corrected chi connectivity index (χ1v) is 12.6. The van der Waals surface area contributed by atoms with E-state index in [0.29, 0.717) is 0 Å². The molecule has 0 N–H and O–H groups in total. The van der Waals surface area contributed by atoms with Crippen LogP contribution in [0.3, 0.4) is 0 Å². The minimum absolute atomic E-state index is 0.796. The van der Waals surface area contributed by atoms with Crippen LogP contribution in [0.4, 0.5) is 0 Å². The zero-order chi connectivity index (χ0) is 21.0. The molecule has 2 aliphatic rings. The molecule has 1 saturated heterocycles. The highest BCUT2D eigenvalue weighted by Crippen LogP contribution is 2.41. The van der Waals surface area contributed by atoms with E-state index < -0.39 is 0 Å². The normalized spacial score (nSPS) is 15.6. The van der Waals surface area contributed by atoms with E-state index >= 15 is 0 Å². The van der Waals surface area contributed by atoms with Gasteiger partial charge in [-0.2, -0.15) is 0 Å². The summed E-state index contributed by atoms with van der Waals surface area (Å²) in [5.74, 6) is 2.07. The predicted octanol–water partition coefficient (Wildman–Crippen LogP) is 5.92. The van der Waals surface area contributed by atoms with Gasteiger partial charge in [0.2, 0.25) is 0 Å². The van der Waals surface area contributed by atoms with Crippen LogP contribution in [-0.2, 0) is 12.8 Å². The number of aryl methyl sites for hydroxylation is 1. The quantitative estimate of drug-likeness (QED) is 0.207. The van der Waals surface area contributed by atoms with Crippen LogP contribution < -0.4 is 0 Å². The number of aromatic nitrogens is 2. The SMILES string of the molecule is Cc1ccc2c(c1)Cc1nc(Cc3ccccc3)nc(SCCCN3CCCCC3)c1-2. The van der Waals surface area contributed by atoms with Crippen LogP contribution in [0.1, 0.15) is 53.9 Å². The van der Waals surface area contributed by atoms with Gasteiger partial charge >= 0.3 is 0 Å². The maximum absolute atomic E-state index is 5.08. The minimum Gasteiger partial charge on any atom is -0.303 e. The molecule has 3 nitrogen and oxygen atoms in total. The van der Waals surface area contributed by atoms with Crippen LogP contribution >= 0.6 is 11.8 Å². The molecule has 0 saturated carbocycles. The summed E-state index contributed by atoms with van der Waals surface area (Å²) in [4.78, 5) is 12.7. The van der Waals surface area contributed by atoms with Crippen LogP contribution in [0.2, 0.25) is 0 Å². The maximum atomic E-state index is 5.08. The monoisotopic (exact) mass is 429 g/mol. The number of likely N-dealkylation sites (tertiary alicyclic amines) is 1. The zero-order valence-corrected chi connectivity index (χ0v) is 19.3. The van der Waals surface area contributed by atoms with Gasteiger partial charge in [-0.15, -0.1) is 11.8 Å². The first kappa shape index (κ1) is 20.7. The molecular weight excluding hydrogens is 398 g/mol. The van der Waals surface area contributed by atoms with Crippen LogP contribution in [0.15, 0.2) is 53.6 Å². The second-order valence-corrected chi connectivity index (χ2v) is 9.95. The maximum Gasteiger partial charge on any atom is 0.134 e. The summed E-state index contributed by atoms with van der Waals surface area (Å²) in [6.45, 7) is 5.95. The van der Waals surface area contributed by atoms with Gasteiger partial charge in [-0.05, 0) is 62.5 Å². The van der Waals surface area contributed by atoms with Crippen molar-refractivity contribution in [2.24, 2.45) is 0 Å². The van der Waals surface area contributed by atoms with Crippen LogP contribution in [0.25, 0.3) is 11.1 Å². The molecule has 0 radical (unpaired) electrons. The molecule has 0 spiro atoms. The Hall–Kier alpha value is -2.17. The zero-order valence-electron chi connectivity index (χ0n) is 18.4. The molecule has 1 aromatic heterocycles. The molecule has 0 amide bonds. The number of thioether (sulfide) groups is 1. The van der Waals surface area contributed by atoms with Crippen LogP contribution in [0.5, 0.6) is 0 Å². The van der Waals surface area contributed by atoms with E-state index in [1.54, 1.807) is 0 Å². The molecule has 0 unspecified atom stereocenters.